The zero-order valence-electron chi connectivity index (χ0n) is 17.5. The number of phenolic OH excluding ortho intramolecular Hbond substituents is 1. The minimum absolute atomic E-state index is 0.106. The van der Waals surface area contributed by atoms with Crippen LogP contribution >= 0.6 is 0 Å². The molecule has 4 rings (SSSR count). The highest BCUT2D eigenvalue weighted by Gasteiger charge is 2.33. The first-order chi connectivity index (χ1) is 14.3. The summed E-state index contributed by atoms with van der Waals surface area (Å²) in [7, 11) is 0. The highest BCUT2D eigenvalue weighted by molar-refractivity contribution is 5.98. The summed E-state index contributed by atoms with van der Waals surface area (Å²) in [5.41, 5.74) is 3.25. The van der Waals surface area contributed by atoms with Crippen molar-refractivity contribution in [1.82, 2.24) is 10.2 Å². The van der Waals surface area contributed by atoms with Gasteiger partial charge in [-0.05, 0) is 43.9 Å². The van der Waals surface area contributed by atoms with Crippen LogP contribution in [-0.4, -0.2) is 40.5 Å². The number of hydrogen-bond donors (Lipinski definition) is 2. The molecule has 158 valence electrons. The fourth-order valence-corrected chi connectivity index (χ4v) is 4.22. The molecule has 0 atom stereocenters. The highest BCUT2D eigenvalue weighted by atomic mass is 16.5. The number of carbonyl (C=O) groups excluding carboxylic acids is 2. The van der Waals surface area contributed by atoms with Crippen LogP contribution < -0.4 is 10.1 Å². The van der Waals surface area contributed by atoms with Gasteiger partial charge >= 0.3 is 0 Å². The minimum Gasteiger partial charge on any atom is -0.504 e. The number of nitrogens with one attached hydrogen (secondary N) is 1. The number of fused-ring (bicyclic) bond motifs is 2. The zero-order valence-corrected chi connectivity index (χ0v) is 17.5. The summed E-state index contributed by atoms with van der Waals surface area (Å²) in [6, 6.07) is 11.7. The summed E-state index contributed by atoms with van der Waals surface area (Å²) in [5, 5.41) is 13.3. The lowest BCUT2D eigenvalue weighted by Gasteiger charge is -2.29. The Bertz CT molecular complexity index is 983. The molecule has 0 bridgehead atoms. The third kappa shape index (κ3) is 4.13. The number of aromatic hydroxyl groups is 1. The number of hydrogen-bond acceptors (Lipinski definition) is 4. The smallest absolute Gasteiger partial charge is 0.255 e. The largest absolute Gasteiger partial charge is 0.504 e. The van der Waals surface area contributed by atoms with E-state index in [0.29, 0.717) is 38.1 Å². The molecule has 0 unspecified atom stereocenters. The van der Waals surface area contributed by atoms with Gasteiger partial charge in [-0.25, -0.2) is 0 Å². The molecule has 30 heavy (non-hydrogen) atoms. The van der Waals surface area contributed by atoms with E-state index in [1.54, 1.807) is 6.07 Å². The van der Waals surface area contributed by atoms with E-state index in [0.717, 1.165) is 18.5 Å². The molecule has 0 saturated carbocycles. The van der Waals surface area contributed by atoms with Crippen LogP contribution in [0, 0.1) is 0 Å². The lowest BCUT2D eigenvalue weighted by molar-refractivity contribution is -0.132. The average molecular weight is 408 g/mol. The lowest BCUT2D eigenvalue weighted by atomic mass is 9.99. The second-order valence-electron chi connectivity index (χ2n) is 8.68. The average Bonchev–Trinajstić information content (AvgIpc) is 3.05. The molecule has 6 heteroatoms. The van der Waals surface area contributed by atoms with E-state index in [1.165, 1.54) is 11.1 Å². The van der Waals surface area contributed by atoms with Crippen molar-refractivity contribution in [2.75, 3.05) is 13.1 Å². The van der Waals surface area contributed by atoms with Crippen LogP contribution in [0.15, 0.2) is 36.4 Å². The summed E-state index contributed by atoms with van der Waals surface area (Å²) in [6.45, 7) is 5.66. The van der Waals surface area contributed by atoms with Crippen molar-refractivity contribution in [3.05, 3.63) is 58.7 Å². The first-order valence-corrected chi connectivity index (χ1v) is 10.5. The number of nitrogens with zero attached hydrogens (tertiary/aromatic N) is 1. The van der Waals surface area contributed by atoms with Gasteiger partial charge in [-0.2, -0.15) is 0 Å². The monoisotopic (exact) mass is 408 g/mol. The van der Waals surface area contributed by atoms with Crippen molar-refractivity contribution in [1.29, 1.82) is 0 Å². The molecule has 2 N–H and O–H groups in total. The van der Waals surface area contributed by atoms with Crippen LogP contribution in [0.3, 0.4) is 0 Å². The molecule has 6 nitrogen and oxygen atoms in total. The molecular formula is C24H28N2O4. The van der Waals surface area contributed by atoms with Crippen molar-refractivity contribution in [2.24, 2.45) is 0 Å². The predicted octanol–water partition coefficient (Wildman–Crippen LogP) is 3.20. The number of rotatable bonds is 5. The molecule has 0 aromatic heterocycles. The van der Waals surface area contributed by atoms with Crippen LogP contribution in [0.4, 0.5) is 0 Å². The van der Waals surface area contributed by atoms with Crippen LogP contribution in [-0.2, 0) is 24.2 Å². The van der Waals surface area contributed by atoms with Crippen molar-refractivity contribution in [2.45, 2.75) is 51.7 Å². The third-order valence-corrected chi connectivity index (χ3v) is 5.79. The van der Waals surface area contributed by atoms with E-state index in [2.05, 4.69) is 17.4 Å². The van der Waals surface area contributed by atoms with Gasteiger partial charge < -0.3 is 20.1 Å². The zero-order chi connectivity index (χ0) is 21.3. The Morgan fingerprint density at radius 2 is 1.90 bits per heavy atom. The van der Waals surface area contributed by atoms with Gasteiger partial charge in [0.05, 0.1) is 5.56 Å². The van der Waals surface area contributed by atoms with Crippen molar-refractivity contribution < 1.29 is 19.4 Å². The molecular weight excluding hydrogens is 380 g/mol. The number of phenols is 1. The Hall–Kier alpha value is -3.02. The second kappa shape index (κ2) is 8.01. The maximum absolute atomic E-state index is 12.5. The quantitative estimate of drug-likeness (QED) is 0.745. The topological polar surface area (TPSA) is 78.9 Å². The van der Waals surface area contributed by atoms with Crippen LogP contribution in [0.25, 0.3) is 0 Å². The van der Waals surface area contributed by atoms with Crippen LogP contribution in [0.5, 0.6) is 11.5 Å². The van der Waals surface area contributed by atoms with Gasteiger partial charge in [0.15, 0.2) is 11.5 Å². The van der Waals surface area contributed by atoms with Gasteiger partial charge in [-0.1, -0.05) is 30.3 Å². The molecule has 0 fully saturated rings. The van der Waals surface area contributed by atoms with E-state index in [1.807, 2.05) is 36.9 Å². The Balaban J connectivity index is 1.27. The van der Waals surface area contributed by atoms with E-state index in [-0.39, 0.29) is 28.7 Å². The highest BCUT2D eigenvalue weighted by Crippen LogP contribution is 2.43. The fourth-order valence-electron chi connectivity index (χ4n) is 4.22. The minimum atomic E-state index is -0.385. The van der Waals surface area contributed by atoms with Crippen molar-refractivity contribution in [3.8, 4) is 11.5 Å². The first-order valence-electron chi connectivity index (χ1n) is 10.5. The van der Waals surface area contributed by atoms with Gasteiger partial charge in [0, 0.05) is 38.0 Å². The van der Waals surface area contributed by atoms with Gasteiger partial charge in [0.25, 0.3) is 5.91 Å². The Morgan fingerprint density at radius 1 is 1.13 bits per heavy atom. The molecule has 2 amide bonds. The summed E-state index contributed by atoms with van der Waals surface area (Å²) in [5.74, 6) is 0.0320. The van der Waals surface area contributed by atoms with Crippen LogP contribution in [0.2, 0.25) is 0 Å². The number of benzene rings is 2. The molecule has 2 heterocycles. The van der Waals surface area contributed by atoms with E-state index in [9.17, 15) is 14.7 Å². The van der Waals surface area contributed by atoms with E-state index >= 15 is 0 Å². The van der Waals surface area contributed by atoms with Crippen molar-refractivity contribution >= 4 is 11.8 Å². The van der Waals surface area contributed by atoms with Crippen LogP contribution in [0.1, 0.15) is 53.7 Å². The molecule has 2 aliphatic heterocycles. The number of amides is 2. The molecule has 2 aliphatic rings. The Kier molecular flexibility index (Phi) is 5.41. The van der Waals surface area contributed by atoms with E-state index in [4.69, 9.17) is 4.74 Å². The molecule has 0 saturated heterocycles. The van der Waals surface area contributed by atoms with Gasteiger partial charge in [0.1, 0.15) is 5.60 Å². The number of ether oxygens (including phenoxy) is 1. The predicted molar refractivity (Wildman–Crippen MR) is 114 cm³/mol. The summed E-state index contributed by atoms with van der Waals surface area (Å²) in [6.07, 6.45) is 2.52. The maximum Gasteiger partial charge on any atom is 0.255 e. The normalized spacial score (nSPS) is 16.4. The SMILES string of the molecule is CC1(C)Cc2ccc(C(=O)NCCCC(=O)N3CCc4ccccc4C3)c(O)c2O1. The first kappa shape index (κ1) is 20.3. The van der Waals surface area contributed by atoms with Crippen molar-refractivity contribution in [3.63, 3.8) is 0 Å². The third-order valence-electron chi connectivity index (χ3n) is 5.79. The lowest BCUT2D eigenvalue weighted by Crippen LogP contribution is -2.36. The molecule has 0 spiro atoms. The summed E-state index contributed by atoms with van der Waals surface area (Å²) in [4.78, 5) is 26.9. The Morgan fingerprint density at radius 3 is 2.70 bits per heavy atom. The standard InChI is InChI=1S/C24H28N2O4/c1-24(2)14-17-9-10-19(21(28)22(17)30-24)23(29)25-12-5-8-20(27)26-13-11-16-6-3-4-7-18(16)15-26/h3-4,6-7,9-10,28H,5,8,11-15H2,1-2H3,(H,25,29). The molecule has 0 aliphatic carbocycles. The summed E-state index contributed by atoms with van der Waals surface area (Å²) >= 11 is 0. The second-order valence-corrected chi connectivity index (χ2v) is 8.68. The Labute approximate surface area is 176 Å². The molecule has 2 aromatic rings. The summed E-state index contributed by atoms with van der Waals surface area (Å²) < 4.78 is 5.78. The fraction of sp³-hybridized carbons (Fsp3) is 0.417. The van der Waals surface area contributed by atoms with Gasteiger partial charge in [-0.3, -0.25) is 9.59 Å². The van der Waals surface area contributed by atoms with Gasteiger partial charge in [-0.15, -0.1) is 0 Å². The van der Waals surface area contributed by atoms with Gasteiger partial charge in [0.2, 0.25) is 5.91 Å². The molecule has 0 radical (unpaired) electrons. The number of carbonyl (C=O) groups is 2. The molecule has 2 aromatic carbocycles. The van der Waals surface area contributed by atoms with E-state index < -0.39 is 0 Å². The maximum atomic E-state index is 12.5.